The summed E-state index contributed by atoms with van der Waals surface area (Å²) in [5.74, 6) is -0.299. The second-order valence-electron chi connectivity index (χ2n) is 3.81. The average Bonchev–Trinajstić information content (AvgIpc) is 2.80. The van der Waals surface area contributed by atoms with Gasteiger partial charge in [0.05, 0.1) is 11.6 Å². The first-order chi connectivity index (χ1) is 8.22. The van der Waals surface area contributed by atoms with Crippen LogP contribution < -0.4 is 5.73 Å². The molecule has 0 aliphatic heterocycles. The molecule has 0 unspecified atom stereocenters. The second kappa shape index (κ2) is 4.81. The number of halogens is 1. The van der Waals surface area contributed by atoms with Crippen LogP contribution in [0.1, 0.15) is 16.7 Å². The second-order valence-corrected chi connectivity index (χ2v) is 3.81. The molecule has 2 N–H and O–H groups in total. The van der Waals surface area contributed by atoms with Crippen LogP contribution in [0, 0.1) is 17.1 Å². The number of nitrogens with zero attached hydrogens (tertiary/aromatic N) is 2. The number of aromatic nitrogens is 1. The van der Waals surface area contributed by atoms with Gasteiger partial charge in [0, 0.05) is 31.0 Å². The van der Waals surface area contributed by atoms with Gasteiger partial charge in [-0.15, -0.1) is 0 Å². The van der Waals surface area contributed by atoms with Crippen molar-refractivity contribution in [2.24, 2.45) is 5.73 Å². The van der Waals surface area contributed by atoms with Gasteiger partial charge in [-0.1, -0.05) is 0 Å². The van der Waals surface area contributed by atoms with E-state index >= 15 is 0 Å². The fraction of sp³-hybridized carbons (Fsp3) is 0.154. The molecule has 1 aromatic heterocycles. The molecule has 3 nitrogen and oxygen atoms in total. The molecule has 0 saturated carbocycles. The molecule has 2 aromatic rings. The molecular formula is C13H12FN3. The predicted molar refractivity (Wildman–Crippen MR) is 62.5 cm³/mol. The van der Waals surface area contributed by atoms with E-state index in [0.29, 0.717) is 24.2 Å². The van der Waals surface area contributed by atoms with Gasteiger partial charge in [0.1, 0.15) is 5.82 Å². The zero-order chi connectivity index (χ0) is 12.3. The molecule has 86 valence electrons. The molecule has 0 aliphatic rings. The van der Waals surface area contributed by atoms with Crippen LogP contribution in [0.3, 0.4) is 0 Å². The summed E-state index contributed by atoms with van der Waals surface area (Å²) < 4.78 is 15.4. The summed E-state index contributed by atoms with van der Waals surface area (Å²) in [6.45, 7) is 0.870. The Kier molecular flexibility index (Phi) is 3.22. The van der Waals surface area contributed by atoms with Crippen molar-refractivity contribution in [3.63, 3.8) is 0 Å². The van der Waals surface area contributed by atoms with Gasteiger partial charge >= 0.3 is 0 Å². The van der Waals surface area contributed by atoms with Crippen molar-refractivity contribution >= 4 is 0 Å². The van der Waals surface area contributed by atoms with E-state index in [0.717, 1.165) is 5.56 Å². The minimum Gasteiger partial charge on any atom is -0.349 e. The highest BCUT2D eigenvalue weighted by atomic mass is 19.1. The highest BCUT2D eigenvalue weighted by Crippen LogP contribution is 2.12. The largest absolute Gasteiger partial charge is 0.349 e. The number of hydrogen-bond donors (Lipinski definition) is 1. The maximum atomic E-state index is 13.5. The molecular weight excluding hydrogens is 217 g/mol. The van der Waals surface area contributed by atoms with Crippen LogP contribution in [0.5, 0.6) is 0 Å². The number of rotatable bonds is 3. The van der Waals surface area contributed by atoms with E-state index in [9.17, 15) is 4.39 Å². The fourth-order valence-electron chi connectivity index (χ4n) is 1.67. The lowest BCUT2D eigenvalue weighted by Gasteiger charge is -2.05. The van der Waals surface area contributed by atoms with Crippen LogP contribution in [-0.4, -0.2) is 4.57 Å². The maximum absolute atomic E-state index is 13.5. The van der Waals surface area contributed by atoms with Crippen molar-refractivity contribution in [3.05, 3.63) is 59.2 Å². The van der Waals surface area contributed by atoms with Crippen molar-refractivity contribution in [2.45, 2.75) is 13.1 Å². The Morgan fingerprint density at radius 2 is 2.18 bits per heavy atom. The standard InChI is InChI=1S/C13H12FN3/c14-13-2-1-10(6-15)5-12(13)9-17-4-3-11(7-16)8-17/h1-5,8H,7,9,16H2. The highest BCUT2D eigenvalue weighted by molar-refractivity contribution is 5.34. The van der Waals surface area contributed by atoms with Crippen molar-refractivity contribution in [2.75, 3.05) is 0 Å². The van der Waals surface area contributed by atoms with Gasteiger partial charge in [-0.25, -0.2) is 4.39 Å². The molecule has 0 bridgehead atoms. The summed E-state index contributed by atoms with van der Waals surface area (Å²) in [4.78, 5) is 0. The normalized spacial score (nSPS) is 10.2. The Labute approximate surface area is 98.9 Å². The SMILES string of the molecule is N#Cc1ccc(F)c(Cn2ccc(CN)c2)c1. The number of nitrogens with two attached hydrogens (primary N) is 1. The molecule has 2 rings (SSSR count). The molecule has 17 heavy (non-hydrogen) atoms. The molecule has 0 radical (unpaired) electrons. The van der Waals surface area contributed by atoms with E-state index in [1.807, 2.05) is 29.1 Å². The van der Waals surface area contributed by atoms with Crippen molar-refractivity contribution in [3.8, 4) is 6.07 Å². The van der Waals surface area contributed by atoms with E-state index in [-0.39, 0.29) is 5.82 Å². The molecule has 1 heterocycles. The summed E-state index contributed by atoms with van der Waals surface area (Å²) >= 11 is 0. The predicted octanol–water partition coefficient (Wildman–Crippen LogP) is 2.01. The zero-order valence-corrected chi connectivity index (χ0v) is 9.23. The molecule has 4 heteroatoms. The van der Waals surface area contributed by atoms with E-state index < -0.39 is 0 Å². The lowest BCUT2D eigenvalue weighted by atomic mass is 10.1. The Morgan fingerprint density at radius 1 is 1.35 bits per heavy atom. The summed E-state index contributed by atoms with van der Waals surface area (Å²) in [5.41, 5.74) is 7.47. The van der Waals surface area contributed by atoms with E-state index in [2.05, 4.69) is 0 Å². The molecule has 1 aromatic carbocycles. The Hall–Kier alpha value is -2.12. The Morgan fingerprint density at radius 3 is 2.82 bits per heavy atom. The van der Waals surface area contributed by atoms with Gasteiger partial charge in [0.25, 0.3) is 0 Å². The monoisotopic (exact) mass is 229 g/mol. The molecule has 0 amide bonds. The van der Waals surface area contributed by atoms with Gasteiger partial charge in [-0.3, -0.25) is 0 Å². The fourth-order valence-corrected chi connectivity index (χ4v) is 1.67. The topological polar surface area (TPSA) is 54.7 Å². The summed E-state index contributed by atoms with van der Waals surface area (Å²) in [5, 5.41) is 8.77. The summed E-state index contributed by atoms with van der Waals surface area (Å²) in [6.07, 6.45) is 3.72. The maximum Gasteiger partial charge on any atom is 0.128 e. The lowest BCUT2D eigenvalue weighted by molar-refractivity contribution is 0.599. The van der Waals surface area contributed by atoms with Crippen molar-refractivity contribution in [1.82, 2.24) is 4.57 Å². The first-order valence-electron chi connectivity index (χ1n) is 5.26. The third-order valence-corrected chi connectivity index (χ3v) is 2.58. The third-order valence-electron chi connectivity index (χ3n) is 2.58. The quantitative estimate of drug-likeness (QED) is 0.875. The average molecular weight is 229 g/mol. The summed E-state index contributed by atoms with van der Waals surface area (Å²) in [6, 6.07) is 8.26. The first-order valence-corrected chi connectivity index (χ1v) is 5.26. The van der Waals surface area contributed by atoms with Gasteiger partial charge in [-0.05, 0) is 29.8 Å². The highest BCUT2D eigenvalue weighted by Gasteiger charge is 2.04. The van der Waals surface area contributed by atoms with Gasteiger partial charge in [-0.2, -0.15) is 5.26 Å². The zero-order valence-electron chi connectivity index (χ0n) is 9.23. The van der Waals surface area contributed by atoms with Crippen molar-refractivity contribution < 1.29 is 4.39 Å². The van der Waals surface area contributed by atoms with E-state index in [4.69, 9.17) is 11.0 Å². The smallest absolute Gasteiger partial charge is 0.128 e. The van der Waals surface area contributed by atoms with Crippen LogP contribution in [0.15, 0.2) is 36.7 Å². The van der Waals surface area contributed by atoms with Gasteiger partial charge in [0.15, 0.2) is 0 Å². The number of benzene rings is 1. The van der Waals surface area contributed by atoms with Gasteiger partial charge in [0.2, 0.25) is 0 Å². The minimum absolute atomic E-state index is 0.299. The summed E-state index contributed by atoms with van der Waals surface area (Å²) in [7, 11) is 0. The molecule has 0 saturated heterocycles. The van der Waals surface area contributed by atoms with Crippen LogP contribution in [-0.2, 0) is 13.1 Å². The van der Waals surface area contributed by atoms with E-state index in [1.54, 1.807) is 6.07 Å². The lowest BCUT2D eigenvalue weighted by Crippen LogP contribution is -2.00. The molecule has 0 atom stereocenters. The van der Waals surface area contributed by atoms with Crippen LogP contribution in [0.25, 0.3) is 0 Å². The molecule has 0 aliphatic carbocycles. The van der Waals surface area contributed by atoms with Crippen LogP contribution >= 0.6 is 0 Å². The minimum atomic E-state index is -0.299. The van der Waals surface area contributed by atoms with Gasteiger partial charge < -0.3 is 10.3 Å². The van der Waals surface area contributed by atoms with E-state index in [1.165, 1.54) is 12.1 Å². The molecule has 0 fully saturated rings. The van der Waals surface area contributed by atoms with Crippen LogP contribution in [0.4, 0.5) is 4.39 Å². The van der Waals surface area contributed by atoms with Crippen LogP contribution in [0.2, 0.25) is 0 Å². The first kappa shape index (κ1) is 11.4. The Bertz CT molecular complexity index is 566. The van der Waals surface area contributed by atoms with Crippen molar-refractivity contribution in [1.29, 1.82) is 5.26 Å². The number of nitriles is 1. The third kappa shape index (κ3) is 2.52. The molecule has 0 spiro atoms. The Balaban J connectivity index is 2.26. The number of hydrogen-bond acceptors (Lipinski definition) is 2.